The van der Waals surface area contributed by atoms with Crippen molar-refractivity contribution in [3.8, 4) is 33.6 Å². The molecule has 0 bridgehead atoms. The summed E-state index contributed by atoms with van der Waals surface area (Å²) in [6.07, 6.45) is 3.54. The maximum absolute atomic E-state index is 13.7. The second-order valence-corrected chi connectivity index (χ2v) is 17.6. The molecule has 1 radical (unpaired) electrons. The minimum Gasteiger partial charge on any atom is -0.305 e. The Bertz CT molecular complexity index is 2230. The van der Waals surface area contributed by atoms with Crippen LogP contribution in [0.25, 0.3) is 53.8 Å². The molecule has 0 N–H and O–H groups in total. The zero-order chi connectivity index (χ0) is 35.8. The predicted molar refractivity (Wildman–Crippen MR) is 188 cm³/mol. The Labute approximate surface area is 291 Å². The van der Waals surface area contributed by atoms with Crippen LogP contribution >= 0.6 is 11.3 Å². The summed E-state index contributed by atoms with van der Waals surface area (Å²) in [4.78, 5) is 9.06. The zero-order valence-electron chi connectivity index (χ0n) is 30.9. The van der Waals surface area contributed by atoms with Gasteiger partial charge in [0.2, 0.25) is 0 Å². The molecule has 3 aromatic heterocycles. The number of hydrogen-bond acceptors (Lipinski definition) is 3. The van der Waals surface area contributed by atoms with Gasteiger partial charge in [-0.2, -0.15) is 11.3 Å². The van der Waals surface area contributed by atoms with Gasteiger partial charge in [0.05, 0.1) is 8.07 Å². The van der Waals surface area contributed by atoms with Gasteiger partial charge in [0, 0.05) is 51.0 Å². The average molecular weight is 807 g/mol. The summed E-state index contributed by atoms with van der Waals surface area (Å²) in [5, 5.41) is 3.25. The molecule has 0 atom stereocenters. The monoisotopic (exact) mass is 807 g/mol. The topological polar surface area (TPSA) is 25.8 Å². The molecule has 0 saturated heterocycles. The van der Waals surface area contributed by atoms with Crippen molar-refractivity contribution in [1.29, 1.82) is 0 Å². The molecule has 0 aliphatic carbocycles. The van der Waals surface area contributed by atoms with Crippen molar-refractivity contribution in [2.75, 3.05) is 0 Å². The van der Waals surface area contributed by atoms with E-state index in [0.29, 0.717) is 16.8 Å². The average Bonchev–Trinajstić information content (AvgIpc) is 3.45. The van der Waals surface area contributed by atoms with Crippen LogP contribution in [0.1, 0.15) is 19.4 Å². The predicted octanol–water partition coefficient (Wildman–Crippen LogP) is 10.4. The van der Waals surface area contributed by atoms with Gasteiger partial charge in [-0.15, -0.1) is 59.2 Å². The van der Waals surface area contributed by atoms with Gasteiger partial charge in [0.25, 0.3) is 0 Å². The fraction of sp³-hybridized carbons (Fsp3) is 0.128. The van der Waals surface area contributed by atoms with Crippen molar-refractivity contribution in [3.05, 3.63) is 139 Å². The molecule has 7 rings (SSSR count). The molecule has 227 valence electrons. The minimum atomic E-state index is -2.29. The SMILES string of the molecule is [2H]C([2H])([2H])c1c[c-]c(-c2ccc([Si](C)(C)C)cn2)cc1.[2H]C([2H])([2H])c1cc(-c2[c-]ccc3c2sc2cc(F)ccc23)ncc1-c1ccccc1.[Ir]. The first-order chi connectivity index (χ1) is 23.6. The van der Waals surface area contributed by atoms with E-state index < -0.39 is 21.8 Å². The van der Waals surface area contributed by atoms with Crippen LogP contribution in [0.4, 0.5) is 4.39 Å². The number of hydrogen-bond donors (Lipinski definition) is 0. The summed E-state index contributed by atoms with van der Waals surface area (Å²) >= 11 is 1.46. The number of aryl methyl sites for hydroxylation is 2. The molecule has 0 spiro atoms. The Kier molecular flexibility index (Phi) is 7.72. The fourth-order valence-corrected chi connectivity index (χ4v) is 7.19. The number of aromatic nitrogens is 2. The van der Waals surface area contributed by atoms with E-state index in [0.717, 1.165) is 42.6 Å². The summed E-state index contributed by atoms with van der Waals surface area (Å²) in [7, 11) is -1.34. The van der Waals surface area contributed by atoms with Gasteiger partial charge in [-0.05, 0) is 56.8 Å². The van der Waals surface area contributed by atoms with E-state index in [2.05, 4.69) is 47.8 Å². The summed E-state index contributed by atoms with van der Waals surface area (Å²) in [5.41, 5.74) is 4.85. The Morgan fingerprint density at radius 3 is 2.31 bits per heavy atom. The molecular weight excluding hydrogens is 768 g/mol. The van der Waals surface area contributed by atoms with Gasteiger partial charge in [0.15, 0.2) is 0 Å². The van der Waals surface area contributed by atoms with E-state index in [9.17, 15) is 4.39 Å². The van der Waals surface area contributed by atoms with Crippen LogP contribution in [0, 0.1) is 31.7 Å². The van der Waals surface area contributed by atoms with Crippen molar-refractivity contribution in [3.63, 3.8) is 0 Å². The Balaban J connectivity index is 0.000000211. The third kappa shape index (κ3) is 7.21. The number of rotatable bonds is 4. The van der Waals surface area contributed by atoms with Crippen molar-refractivity contribution >= 4 is 44.8 Å². The number of pyridine rings is 2. The van der Waals surface area contributed by atoms with E-state index in [-0.39, 0.29) is 31.5 Å². The molecular formula is C39H33FIrN2SSi-2. The van der Waals surface area contributed by atoms with Crippen LogP contribution in [0.2, 0.25) is 19.6 Å². The smallest absolute Gasteiger partial charge is 0.124 e. The second-order valence-electron chi connectivity index (χ2n) is 11.5. The fourth-order valence-electron chi connectivity index (χ4n) is 4.93. The molecule has 6 heteroatoms. The molecule has 0 amide bonds. The van der Waals surface area contributed by atoms with Gasteiger partial charge in [-0.25, -0.2) is 4.39 Å². The molecule has 4 aromatic carbocycles. The number of fused-ring (bicyclic) bond motifs is 3. The Morgan fingerprint density at radius 2 is 1.62 bits per heavy atom. The van der Waals surface area contributed by atoms with Gasteiger partial charge in [-0.1, -0.05) is 86.5 Å². The van der Waals surface area contributed by atoms with E-state index in [1.807, 2.05) is 48.7 Å². The molecule has 45 heavy (non-hydrogen) atoms. The Hall–Kier alpha value is -3.80. The van der Waals surface area contributed by atoms with E-state index in [4.69, 9.17) is 8.22 Å². The van der Waals surface area contributed by atoms with Crippen molar-refractivity contribution in [2.45, 2.75) is 33.3 Å². The summed E-state index contributed by atoms with van der Waals surface area (Å²) in [6.45, 7) is 2.47. The molecule has 0 fully saturated rings. The molecule has 2 nitrogen and oxygen atoms in total. The van der Waals surface area contributed by atoms with Crippen molar-refractivity contribution in [2.24, 2.45) is 0 Å². The summed E-state index contributed by atoms with van der Waals surface area (Å²) in [6, 6.07) is 34.7. The maximum atomic E-state index is 13.7. The quantitative estimate of drug-likeness (QED) is 0.131. The number of nitrogens with zero attached hydrogens (tertiary/aromatic N) is 2. The standard InChI is InChI=1S/C24H15FNS.C15H18NSi.Ir/c1-15-12-22(26-14-21(15)16-6-3-2-4-7-16)20-9-5-8-19-18-11-10-17(25)13-23(18)27-24(19)20;1-12-5-7-13(8-6-12)15-10-9-14(11-16-15)17(2,3)4;/h2-8,10-14H,1H3;5-7,9-11H,1-4H3;/q2*-1;/i2*1D3;. The van der Waals surface area contributed by atoms with Crippen LogP contribution in [0.15, 0.2) is 109 Å². The van der Waals surface area contributed by atoms with Crippen LogP contribution < -0.4 is 5.19 Å². The normalized spacial score (nSPS) is 13.7. The number of benzene rings is 4. The van der Waals surface area contributed by atoms with E-state index in [1.165, 1.54) is 34.7 Å². The largest absolute Gasteiger partial charge is 0.305 e. The van der Waals surface area contributed by atoms with E-state index >= 15 is 0 Å². The third-order valence-electron chi connectivity index (χ3n) is 7.36. The molecule has 0 aliphatic heterocycles. The van der Waals surface area contributed by atoms with Gasteiger partial charge >= 0.3 is 0 Å². The van der Waals surface area contributed by atoms with Crippen LogP contribution in [-0.4, -0.2) is 18.0 Å². The number of thiophene rings is 1. The minimum absolute atomic E-state index is 0. The van der Waals surface area contributed by atoms with Crippen LogP contribution in [-0.2, 0) is 20.1 Å². The van der Waals surface area contributed by atoms with E-state index in [1.54, 1.807) is 36.5 Å². The number of halogens is 1. The van der Waals surface area contributed by atoms with Gasteiger partial charge in [0.1, 0.15) is 5.82 Å². The van der Waals surface area contributed by atoms with Gasteiger partial charge in [-0.3, -0.25) is 0 Å². The van der Waals surface area contributed by atoms with Crippen LogP contribution in [0.3, 0.4) is 0 Å². The molecule has 7 aromatic rings. The molecule has 0 saturated carbocycles. The van der Waals surface area contributed by atoms with Crippen molar-refractivity contribution < 1.29 is 32.7 Å². The molecule has 3 heterocycles. The second kappa shape index (κ2) is 13.7. The molecule has 0 aliphatic rings. The first kappa shape index (κ1) is 25.4. The maximum Gasteiger partial charge on any atom is 0.124 e. The van der Waals surface area contributed by atoms with Crippen LogP contribution in [0.5, 0.6) is 0 Å². The summed E-state index contributed by atoms with van der Waals surface area (Å²) in [5.74, 6) is -0.283. The van der Waals surface area contributed by atoms with Crippen molar-refractivity contribution in [1.82, 2.24) is 9.97 Å². The van der Waals surface area contributed by atoms with Gasteiger partial charge < -0.3 is 9.97 Å². The Morgan fingerprint density at radius 1 is 0.800 bits per heavy atom. The first-order valence-electron chi connectivity index (χ1n) is 17.2. The zero-order valence-corrected chi connectivity index (χ0v) is 29.1. The third-order valence-corrected chi connectivity index (χ3v) is 10.6. The first-order valence-corrected chi connectivity index (χ1v) is 18.5. The molecule has 0 unspecified atom stereocenters. The summed E-state index contributed by atoms with van der Waals surface area (Å²) < 4.78 is 61.6.